The molecule has 2 heterocycles. The number of anilines is 1. The van der Waals surface area contributed by atoms with E-state index in [1.807, 2.05) is 32.0 Å². The van der Waals surface area contributed by atoms with Crippen molar-refractivity contribution in [3.8, 4) is 11.1 Å². The number of amides is 1. The Morgan fingerprint density at radius 3 is 2.67 bits per heavy atom. The number of nitrogens with one attached hydrogen (secondary N) is 1. The Morgan fingerprint density at radius 1 is 1.29 bits per heavy atom. The van der Waals surface area contributed by atoms with Crippen LogP contribution in [-0.4, -0.2) is 27.0 Å². The highest BCUT2D eigenvalue weighted by Gasteiger charge is 2.43. The van der Waals surface area contributed by atoms with E-state index in [0.717, 1.165) is 32.7 Å². The molecule has 1 aromatic carbocycles. The van der Waals surface area contributed by atoms with E-state index in [2.05, 4.69) is 20.3 Å². The number of carbonyl (C=O) groups excluding carboxylic acids is 1. The van der Waals surface area contributed by atoms with Gasteiger partial charge in [-0.3, -0.25) is 4.79 Å². The highest BCUT2D eigenvalue weighted by atomic mass is 32.1. The first kappa shape index (κ1) is 15.1. The van der Waals surface area contributed by atoms with Gasteiger partial charge in [0.25, 0.3) is 0 Å². The molecule has 0 spiro atoms. The van der Waals surface area contributed by atoms with Crippen LogP contribution in [-0.2, 0) is 4.79 Å². The molecular formula is C17H15FN4OS. The van der Waals surface area contributed by atoms with Gasteiger partial charge in [-0.25, -0.2) is 19.3 Å². The molecule has 0 aliphatic heterocycles. The normalized spacial score (nSPS) is 19.5. The minimum absolute atomic E-state index is 0.287. The Balaban J connectivity index is 1.67. The summed E-state index contributed by atoms with van der Waals surface area (Å²) < 4.78 is 13.9. The van der Waals surface area contributed by atoms with Crippen molar-refractivity contribution >= 4 is 32.6 Å². The molecule has 2 aromatic heterocycles. The van der Waals surface area contributed by atoms with Gasteiger partial charge < -0.3 is 5.32 Å². The monoisotopic (exact) mass is 342 g/mol. The predicted molar refractivity (Wildman–Crippen MR) is 91.8 cm³/mol. The van der Waals surface area contributed by atoms with Crippen molar-refractivity contribution in [2.45, 2.75) is 26.4 Å². The maximum absolute atomic E-state index is 13.0. The lowest BCUT2D eigenvalue weighted by molar-refractivity contribution is -0.117. The van der Waals surface area contributed by atoms with Gasteiger partial charge in [0.2, 0.25) is 5.91 Å². The van der Waals surface area contributed by atoms with Gasteiger partial charge in [0, 0.05) is 17.0 Å². The molecule has 1 fully saturated rings. The van der Waals surface area contributed by atoms with E-state index in [1.54, 1.807) is 6.33 Å². The molecule has 0 bridgehead atoms. The molecule has 0 radical (unpaired) electrons. The number of hydrogen-bond donors (Lipinski definition) is 1. The first-order chi connectivity index (χ1) is 11.5. The Morgan fingerprint density at radius 2 is 2.00 bits per heavy atom. The fraction of sp³-hybridized carbons (Fsp3) is 0.294. The summed E-state index contributed by atoms with van der Waals surface area (Å²) in [5.74, 6) is -0.802. The van der Waals surface area contributed by atoms with Crippen LogP contribution in [0, 0.1) is 19.8 Å². The largest absolute Gasteiger partial charge is 0.302 e. The van der Waals surface area contributed by atoms with Crippen molar-refractivity contribution in [1.82, 2.24) is 15.0 Å². The second-order valence-electron chi connectivity index (χ2n) is 5.97. The topological polar surface area (TPSA) is 67.8 Å². The van der Waals surface area contributed by atoms with Crippen molar-refractivity contribution in [3.63, 3.8) is 0 Å². The second-order valence-corrected chi connectivity index (χ2v) is 7.00. The highest BCUT2D eigenvalue weighted by Crippen LogP contribution is 2.36. The number of nitrogens with zero attached hydrogens (tertiary/aromatic N) is 3. The number of benzene rings is 1. The highest BCUT2D eigenvalue weighted by molar-refractivity contribution is 7.22. The zero-order valence-electron chi connectivity index (χ0n) is 13.2. The zero-order chi connectivity index (χ0) is 16.8. The summed E-state index contributed by atoms with van der Waals surface area (Å²) >= 11 is 1.39. The van der Waals surface area contributed by atoms with Crippen LogP contribution >= 0.6 is 11.3 Å². The van der Waals surface area contributed by atoms with Gasteiger partial charge in [-0.1, -0.05) is 17.4 Å². The van der Waals surface area contributed by atoms with Crippen molar-refractivity contribution < 1.29 is 9.18 Å². The molecule has 1 amide bonds. The number of fused-ring (bicyclic) bond motifs is 1. The first-order valence-electron chi connectivity index (χ1n) is 7.67. The average molecular weight is 342 g/mol. The van der Waals surface area contributed by atoms with E-state index >= 15 is 0 Å². The number of hydrogen-bond acceptors (Lipinski definition) is 5. The van der Waals surface area contributed by atoms with Crippen LogP contribution < -0.4 is 5.32 Å². The molecule has 24 heavy (non-hydrogen) atoms. The number of thiazole rings is 1. The third kappa shape index (κ3) is 2.65. The standard InChI is InChI=1S/C17H15FN4OS/c1-8-15(9(2)20-7-19-8)10-3-4-13-14(5-10)24-17(21-13)22-16(23)11-6-12(11)18/h3-5,7,11-12H,6H2,1-2H3,(H,21,22,23)/t11-,12+/m1/s1. The molecular weight excluding hydrogens is 327 g/mol. The predicted octanol–water partition coefficient (Wildman–Crippen LogP) is 3.67. The fourth-order valence-corrected chi connectivity index (χ4v) is 3.69. The van der Waals surface area contributed by atoms with Crippen LogP contribution in [0.5, 0.6) is 0 Å². The maximum Gasteiger partial charge on any atom is 0.232 e. The smallest absolute Gasteiger partial charge is 0.232 e. The number of aromatic nitrogens is 3. The quantitative estimate of drug-likeness (QED) is 0.789. The number of carbonyl (C=O) groups is 1. The van der Waals surface area contributed by atoms with Crippen molar-refractivity contribution in [2.75, 3.05) is 5.32 Å². The lowest BCUT2D eigenvalue weighted by Gasteiger charge is -2.07. The third-order valence-electron chi connectivity index (χ3n) is 4.18. The molecule has 1 saturated carbocycles. The van der Waals surface area contributed by atoms with E-state index in [1.165, 1.54) is 11.3 Å². The number of alkyl halides is 1. The van der Waals surface area contributed by atoms with E-state index in [9.17, 15) is 9.18 Å². The molecule has 1 aliphatic carbocycles. The summed E-state index contributed by atoms with van der Waals surface area (Å²) in [5.41, 5.74) is 4.67. The Kier molecular flexibility index (Phi) is 3.53. The molecule has 3 aromatic rings. The minimum Gasteiger partial charge on any atom is -0.302 e. The van der Waals surface area contributed by atoms with Gasteiger partial charge in [0.05, 0.1) is 16.1 Å². The van der Waals surface area contributed by atoms with Gasteiger partial charge in [-0.2, -0.15) is 0 Å². The van der Waals surface area contributed by atoms with E-state index in [4.69, 9.17) is 0 Å². The van der Waals surface area contributed by atoms with E-state index in [0.29, 0.717) is 11.6 Å². The van der Waals surface area contributed by atoms with Gasteiger partial charge in [-0.15, -0.1) is 0 Å². The average Bonchev–Trinajstić information content (AvgIpc) is 3.13. The van der Waals surface area contributed by atoms with Gasteiger partial charge in [0.15, 0.2) is 5.13 Å². The maximum atomic E-state index is 13.0. The minimum atomic E-state index is -1.00. The number of aryl methyl sites for hydroxylation is 2. The number of halogens is 1. The summed E-state index contributed by atoms with van der Waals surface area (Å²) in [7, 11) is 0. The molecule has 0 saturated heterocycles. The fourth-order valence-electron chi connectivity index (χ4n) is 2.78. The third-order valence-corrected chi connectivity index (χ3v) is 5.12. The zero-order valence-corrected chi connectivity index (χ0v) is 14.0. The van der Waals surface area contributed by atoms with Crippen LogP contribution in [0.3, 0.4) is 0 Å². The van der Waals surface area contributed by atoms with Gasteiger partial charge in [-0.05, 0) is 38.0 Å². The molecule has 1 N–H and O–H groups in total. The lowest BCUT2D eigenvalue weighted by atomic mass is 10.0. The molecule has 1 aliphatic rings. The van der Waals surface area contributed by atoms with Crippen molar-refractivity contribution in [2.24, 2.45) is 5.92 Å². The molecule has 4 rings (SSSR count). The van der Waals surface area contributed by atoms with Gasteiger partial charge in [0.1, 0.15) is 12.5 Å². The van der Waals surface area contributed by atoms with Crippen LogP contribution in [0.25, 0.3) is 21.3 Å². The van der Waals surface area contributed by atoms with E-state index in [-0.39, 0.29) is 5.91 Å². The summed E-state index contributed by atoms with van der Waals surface area (Å²) in [6.45, 7) is 3.91. The summed E-state index contributed by atoms with van der Waals surface area (Å²) in [5, 5.41) is 3.21. The summed E-state index contributed by atoms with van der Waals surface area (Å²) in [6.07, 6.45) is 0.867. The first-order valence-corrected chi connectivity index (χ1v) is 8.48. The van der Waals surface area contributed by atoms with E-state index < -0.39 is 12.1 Å². The molecule has 122 valence electrons. The summed E-state index contributed by atoms with van der Waals surface area (Å²) in [6, 6.07) is 5.92. The second kappa shape index (κ2) is 5.59. The molecule has 0 unspecified atom stereocenters. The van der Waals surface area contributed by atoms with Crippen LogP contribution in [0.1, 0.15) is 17.8 Å². The molecule has 5 nitrogen and oxygen atoms in total. The summed E-state index contributed by atoms with van der Waals surface area (Å²) in [4.78, 5) is 24.8. The Bertz CT molecular complexity index is 935. The molecule has 7 heteroatoms. The van der Waals surface area contributed by atoms with Gasteiger partial charge >= 0.3 is 0 Å². The SMILES string of the molecule is Cc1ncnc(C)c1-c1ccc2nc(NC(=O)[C@@H]3C[C@@H]3F)sc2c1. The van der Waals surface area contributed by atoms with Crippen molar-refractivity contribution in [3.05, 3.63) is 35.9 Å². The van der Waals surface area contributed by atoms with Crippen molar-refractivity contribution in [1.29, 1.82) is 0 Å². The van der Waals surface area contributed by atoms with Crippen LogP contribution in [0.4, 0.5) is 9.52 Å². The lowest BCUT2D eigenvalue weighted by Crippen LogP contribution is -2.14. The van der Waals surface area contributed by atoms with Crippen LogP contribution in [0.2, 0.25) is 0 Å². The van der Waals surface area contributed by atoms with Crippen LogP contribution in [0.15, 0.2) is 24.5 Å². The molecule has 2 atom stereocenters. The number of rotatable bonds is 3. The Hall–Kier alpha value is -2.41. The Labute approximate surface area is 142 Å².